The van der Waals surface area contributed by atoms with Gasteiger partial charge in [-0.15, -0.1) is 0 Å². The fourth-order valence-electron chi connectivity index (χ4n) is 1.61. The molecule has 100 valence electrons. The molecule has 0 unspecified atom stereocenters. The molecule has 2 rings (SSSR count). The fraction of sp³-hybridized carbons (Fsp3) is 0.214. The zero-order chi connectivity index (χ0) is 13.7. The molecule has 0 spiro atoms. The molecule has 0 aliphatic rings. The van der Waals surface area contributed by atoms with Gasteiger partial charge in [0.05, 0.1) is 19.0 Å². The van der Waals surface area contributed by atoms with Crippen LogP contribution in [0.25, 0.3) is 0 Å². The van der Waals surface area contributed by atoms with Crippen molar-refractivity contribution in [3.8, 4) is 17.2 Å². The summed E-state index contributed by atoms with van der Waals surface area (Å²) in [5, 5.41) is 9.48. The molecule has 1 aromatic heterocycles. The van der Waals surface area contributed by atoms with Crippen LogP contribution in [0.4, 0.5) is 0 Å². The second kappa shape index (κ2) is 6.06. The van der Waals surface area contributed by atoms with E-state index < -0.39 is 0 Å². The average molecular weight is 260 g/mol. The standard InChI is InChI=1S/C14H16N2O3/c1-18-12-2-4-13(5-3-12)19-9-11-6-10(7-15)14(17)8-16-11/h2-6,8,17H,7,9,15H2,1H3. The number of rotatable bonds is 5. The van der Waals surface area contributed by atoms with E-state index in [1.165, 1.54) is 6.20 Å². The summed E-state index contributed by atoms with van der Waals surface area (Å²) in [6, 6.07) is 9.03. The van der Waals surface area contributed by atoms with E-state index in [-0.39, 0.29) is 12.3 Å². The maximum absolute atomic E-state index is 9.48. The summed E-state index contributed by atoms with van der Waals surface area (Å²) in [4.78, 5) is 4.08. The van der Waals surface area contributed by atoms with E-state index in [1.54, 1.807) is 13.2 Å². The Balaban J connectivity index is 2.01. The van der Waals surface area contributed by atoms with Gasteiger partial charge >= 0.3 is 0 Å². The Morgan fingerprint density at radius 3 is 2.53 bits per heavy atom. The molecule has 0 radical (unpaired) electrons. The van der Waals surface area contributed by atoms with Crippen molar-refractivity contribution in [3.05, 3.63) is 47.8 Å². The number of aromatic hydroxyl groups is 1. The van der Waals surface area contributed by atoms with Crippen molar-refractivity contribution < 1.29 is 14.6 Å². The fourth-order valence-corrected chi connectivity index (χ4v) is 1.61. The Morgan fingerprint density at radius 2 is 1.89 bits per heavy atom. The van der Waals surface area contributed by atoms with Crippen LogP contribution in [0.3, 0.4) is 0 Å². The predicted molar refractivity (Wildman–Crippen MR) is 71.1 cm³/mol. The highest BCUT2D eigenvalue weighted by molar-refractivity contribution is 5.32. The van der Waals surface area contributed by atoms with Gasteiger partial charge in [0, 0.05) is 12.1 Å². The highest BCUT2D eigenvalue weighted by atomic mass is 16.5. The van der Waals surface area contributed by atoms with Gasteiger partial charge in [-0.2, -0.15) is 0 Å². The number of pyridine rings is 1. The van der Waals surface area contributed by atoms with E-state index in [0.29, 0.717) is 17.9 Å². The zero-order valence-corrected chi connectivity index (χ0v) is 10.7. The number of benzene rings is 1. The molecule has 0 amide bonds. The van der Waals surface area contributed by atoms with Crippen LogP contribution in [0.15, 0.2) is 36.5 Å². The van der Waals surface area contributed by atoms with Crippen LogP contribution in [0, 0.1) is 0 Å². The SMILES string of the molecule is COc1ccc(OCc2cc(CN)c(O)cn2)cc1. The molecule has 0 saturated heterocycles. The molecule has 1 heterocycles. The molecule has 2 aromatic rings. The van der Waals surface area contributed by atoms with Crippen molar-refractivity contribution in [2.75, 3.05) is 7.11 Å². The molecule has 1 aromatic carbocycles. The van der Waals surface area contributed by atoms with Gasteiger partial charge in [-0.05, 0) is 30.3 Å². The molecule has 0 atom stereocenters. The van der Waals surface area contributed by atoms with Crippen molar-refractivity contribution in [2.45, 2.75) is 13.2 Å². The molecule has 0 aliphatic heterocycles. The maximum Gasteiger partial charge on any atom is 0.138 e. The summed E-state index contributed by atoms with van der Waals surface area (Å²) in [5.74, 6) is 1.61. The molecule has 3 N–H and O–H groups in total. The first-order valence-corrected chi connectivity index (χ1v) is 5.86. The second-order valence-electron chi connectivity index (χ2n) is 3.97. The van der Waals surface area contributed by atoms with Crippen LogP contribution < -0.4 is 15.2 Å². The summed E-state index contributed by atoms with van der Waals surface area (Å²) < 4.78 is 10.7. The first-order chi connectivity index (χ1) is 9.22. The van der Waals surface area contributed by atoms with Gasteiger partial charge in [-0.1, -0.05) is 0 Å². The van der Waals surface area contributed by atoms with E-state index in [2.05, 4.69) is 4.98 Å². The first-order valence-electron chi connectivity index (χ1n) is 5.86. The average Bonchev–Trinajstić information content (AvgIpc) is 2.47. The Morgan fingerprint density at radius 1 is 1.21 bits per heavy atom. The van der Waals surface area contributed by atoms with Gasteiger partial charge < -0.3 is 20.3 Å². The minimum Gasteiger partial charge on any atom is -0.506 e. The normalized spacial score (nSPS) is 10.2. The minimum atomic E-state index is 0.107. The van der Waals surface area contributed by atoms with Gasteiger partial charge in [-0.25, -0.2) is 0 Å². The molecule has 0 saturated carbocycles. The minimum absolute atomic E-state index is 0.107. The van der Waals surface area contributed by atoms with Crippen molar-refractivity contribution in [3.63, 3.8) is 0 Å². The molecular weight excluding hydrogens is 244 g/mol. The number of nitrogens with zero attached hydrogens (tertiary/aromatic N) is 1. The van der Waals surface area contributed by atoms with E-state index in [4.69, 9.17) is 15.2 Å². The summed E-state index contributed by atoms with van der Waals surface area (Å²) >= 11 is 0. The number of ether oxygens (including phenoxy) is 2. The molecule has 5 nitrogen and oxygen atoms in total. The highest BCUT2D eigenvalue weighted by Gasteiger charge is 2.03. The van der Waals surface area contributed by atoms with Crippen molar-refractivity contribution in [1.29, 1.82) is 0 Å². The topological polar surface area (TPSA) is 77.6 Å². The Hall–Kier alpha value is -2.27. The summed E-state index contributed by atoms with van der Waals surface area (Å²) in [6.45, 7) is 0.587. The number of nitrogens with two attached hydrogens (primary N) is 1. The summed E-state index contributed by atoms with van der Waals surface area (Å²) in [5.41, 5.74) is 6.89. The largest absolute Gasteiger partial charge is 0.506 e. The van der Waals surface area contributed by atoms with Crippen LogP contribution in [0.2, 0.25) is 0 Å². The van der Waals surface area contributed by atoms with Gasteiger partial charge in [-0.3, -0.25) is 4.98 Å². The monoisotopic (exact) mass is 260 g/mol. The van der Waals surface area contributed by atoms with Crippen LogP contribution in [0.5, 0.6) is 17.2 Å². The van der Waals surface area contributed by atoms with Crippen molar-refractivity contribution in [1.82, 2.24) is 4.98 Å². The lowest BCUT2D eigenvalue weighted by molar-refractivity contribution is 0.300. The lowest BCUT2D eigenvalue weighted by Gasteiger charge is -2.08. The van der Waals surface area contributed by atoms with Gasteiger partial charge in [0.1, 0.15) is 23.9 Å². The van der Waals surface area contributed by atoms with E-state index in [1.807, 2.05) is 24.3 Å². The molecule has 5 heteroatoms. The number of methoxy groups -OCH3 is 1. The quantitative estimate of drug-likeness (QED) is 0.857. The molecule has 0 aliphatic carbocycles. The molecular formula is C14H16N2O3. The van der Waals surface area contributed by atoms with Gasteiger partial charge in [0.25, 0.3) is 0 Å². The number of hydrogen-bond donors (Lipinski definition) is 2. The maximum atomic E-state index is 9.48. The number of hydrogen-bond acceptors (Lipinski definition) is 5. The van der Waals surface area contributed by atoms with Gasteiger partial charge in [0.15, 0.2) is 0 Å². The van der Waals surface area contributed by atoms with E-state index in [9.17, 15) is 5.11 Å². The zero-order valence-electron chi connectivity index (χ0n) is 10.7. The third-order valence-electron chi connectivity index (χ3n) is 2.69. The third-order valence-corrected chi connectivity index (χ3v) is 2.69. The predicted octanol–water partition coefficient (Wildman–Crippen LogP) is 1.83. The second-order valence-corrected chi connectivity index (χ2v) is 3.97. The van der Waals surface area contributed by atoms with Crippen molar-refractivity contribution >= 4 is 0 Å². The lowest BCUT2D eigenvalue weighted by atomic mass is 10.2. The molecule has 0 bridgehead atoms. The van der Waals surface area contributed by atoms with Crippen molar-refractivity contribution in [2.24, 2.45) is 5.73 Å². The first kappa shape index (κ1) is 13.2. The van der Waals surface area contributed by atoms with Crippen LogP contribution >= 0.6 is 0 Å². The Labute approximate surface area is 111 Å². The lowest BCUT2D eigenvalue weighted by Crippen LogP contribution is -2.02. The van der Waals surface area contributed by atoms with Crippen LogP contribution in [-0.2, 0) is 13.2 Å². The Bertz CT molecular complexity index is 541. The number of aromatic nitrogens is 1. The highest BCUT2D eigenvalue weighted by Crippen LogP contribution is 2.19. The Kier molecular flexibility index (Phi) is 4.20. The third kappa shape index (κ3) is 3.35. The molecule has 19 heavy (non-hydrogen) atoms. The summed E-state index contributed by atoms with van der Waals surface area (Å²) in [7, 11) is 1.62. The van der Waals surface area contributed by atoms with E-state index >= 15 is 0 Å². The van der Waals surface area contributed by atoms with Crippen LogP contribution in [0.1, 0.15) is 11.3 Å². The summed E-state index contributed by atoms with van der Waals surface area (Å²) in [6.07, 6.45) is 1.38. The van der Waals surface area contributed by atoms with Gasteiger partial charge in [0.2, 0.25) is 0 Å². The molecule has 0 fully saturated rings. The smallest absolute Gasteiger partial charge is 0.138 e. The van der Waals surface area contributed by atoms with Crippen LogP contribution in [-0.4, -0.2) is 17.2 Å². The van der Waals surface area contributed by atoms with E-state index in [0.717, 1.165) is 11.5 Å².